The number of aromatic amines is 1. The smallest absolute Gasteiger partial charge is 0.248 e. The molecule has 0 atom stereocenters. The fourth-order valence-corrected chi connectivity index (χ4v) is 1.36. The molecule has 3 nitrogen and oxygen atoms in total. The SMILES string of the molecule is CC(=O)CCCc1[nH]c(=O)ccc1C. The maximum absolute atomic E-state index is 11.0. The summed E-state index contributed by atoms with van der Waals surface area (Å²) < 4.78 is 0. The van der Waals surface area contributed by atoms with Crippen LogP contribution in [0.2, 0.25) is 0 Å². The molecule has 0 spiro atoms. The highest BCUT2D eigenvalue weighted by molar-refractivity contribution is 5.75. The standard InChI is InChI=1S/C11H15NO2/c1-8-6-7-11(14)12-10(8)5-3-4-9(2)13/h6-7H,3-5H2,1-2H3,(H,12,14). The second kappa shape index (κ2) is 4.74. The first kappa shape index (κ1) is 10.7. The molecule has 0 bridgehead atoms. The highest BCUT2D eigenvalue weighted by Gasteiger charge is 2.00. The number of rotatable bonds is 4. The molecule has 0 saturated carbocycles. The third kappa shape index (κ3) is 3.17. The van der Waals surface area contributed by atoms with E-state index in [-0.39, 0.29) is 11.3 Å². The van der Waals surface area contributed by atoms with Crippen molar-refractivity contribution in [1.82, 2.24) is 4.98 Å². The molecule has 0 fully saturated rings. The number of aromatic nitrogens is 1. The maximum Gasteiger partial charge on any atom is 0.248 e. The van der Waals surface area contributed by atoms with Gasteiger partial charge < -0.3 is 9.78 Å². The molecule has 76 valence electrons. The molecule has 1 rings (SSSR count). The van der Waals surface area contributed by atoms with E-state index in [4.69, 9.17) is 0 Å². The first-order chi connectivity index (χ1) is 6.59. The van der Waals surface area contributed by atoms with Crippen LogP contribution in [0.15, 0.2) is 16.9 Å². The number of aryl methyl sites for hydroxylation is 2. The number of nitrogens with one attached hydrogen (secondary N) is 1. The van der Waals surface area contributed by atoms with E-state index in [9.17, 15) is 9.59 Å². The number of carbonyl (C=O) groups is 1. The number of H-pyrrole nitrogens is 1. The monoisotopic (exact) mass is 193 g/mol. The molecule has 0 aliphatic heterocycles. The summed E-state index contributed by atoms with van der Waals surface area (Å²) in [5, 5.41) is 0. The third-order valence-electron chi connectivity index (χ3n) is 2.19. The summed E-state index contributed by atoms with van der Waals surface area (Å²) in [6, 6.07) is 3.33. The number of hydrogen-bond donors (Lipinski definition) is 1. The molecule has 0 radical (unpaired) electrons. The van der Waals surface area contributed by atoms with Crippen molar-refractivity contribution in [3.8, 4) is 0 Å². The first-order valence-corrected chi connectivity index (χ1v) is 4.78. The Morgan fingerprint density at radius 2 is 2.14 bits per heavy atom. The lowest BCUT2D eigenvalue weighted by Gasteiger charge is -2.03. The number of ketones is 1. The zero-order valence-corrected chi connectivity index (χ0v) is 8.59. The Morgan fingerprint density at radius 1 is 1.43 bits per heavy atom. The van der Waals surface area contributed by atoms with E-state index in [0.717, 1.165) is 24.1 Å². The Bertz CT molecular complexity index is 379. The Balaban J connectivity index is 2.62. The molecule has 1 aromatic rings. The van der Waals surface area contributed by atoms with E-state index in [1.54, 1.807) is 6.92 Å². The topological polar surface area (TPSA) is 49.9 Å². The molecule has 1 aromatic heterocycles. The minimum absolute atomic E-state index is 0.0755. The summed E-state index contributed by atoms with van der Waals surface area (Å²) in [5.74, 6) is 0.195. The van der Waals surface area contributed by atoms with Gasteiger partial charge in [0.15, 0.2) is 0 Å². The summed E-state index contributed by atoms with van der Waals surface area (Å²) in [6.07, 6.45) is 2.15. The van der Waals surface area contributed by atoms with E-state index >= 15 is 0 Å². The fourth-order valence-electron chi connectivity index (χ4n) is 1.36. The molecule has 0 amide bonds. The van der Waals surface area contributed by atoms with E-state index in [0.29, 0.717) is 6.42 Å². The van der Waals surface area contributed by atoms with Crippen LogP contribution in [-0.2, 0) is 11.2 Å². The number of carbonyl (C=O) groups excluding carboxylic acids is 1. The molecule has 3 heteroatoms. The lowest BCUT2D eigenvalue weighted by Crippen LogP contribution is -2.09. The predicted octanol–water partition coefficient (Wildman–Crippen LogP) is 1.60. The fraction of sp³-hybridized carbons (Fsp3) is 0.455. The quantitative estimate of drug-likeness (QED) is 0.789. The summed E-state index contributed by atoms with van der Waals surface area (Å²) in [5.41, 5.74) is 1.94. The van der Waals surface area contributed by atoms with E-state index < -0.39 is 0 Å². The minimum Gasteiger partial charge on any atom is -0.326 e. The van der Waals surface area contributed by atoms with Gasteiger partial charge in [-0.05, 0) is 32.3 Å². The van der Waals surface area contributed by atoms with Crippen LogP contribution in [-0.4, -0.2) is 10.8 Å². The molecule has 0 unspecified atom stereocenters. The van der Waals surface area contributed by atoms with Crippen LogP contribution >= 0.6 is 0 Å². The Morgan fingerprint density at radius 3 is 2.79 bits per heavy atom. The summed E-state index contributed by atoms with van der Waals surface area (Å²) in [4.78, 5) is 24.5. The zero-order valence-electron chi connectivity index (χ0n) is 8.59. The Labute approximate surface area is 83.2 Å². The lowest BCUT2D eigenvalue weighted by atomic mass is 10.1. The van der Waals surface area contributed by atoms with Gasteiger partial charge in [0.05, 0.1) is 0 Å². The minimum atomic E-state index is -0.0755. The highest BCUT2D eigenvalue weighted by atomic mass is 16.1. The van der Waals surface area contributed by atoms with Gasteiger partial charge in [-0.2, -0.15) is 0 Å². The molecule has 14 heavy (non-hydrogen) atoms. The van der Waals surface area contributed by atoms with Gasteiger partial charge in [-0.1, -0.05) is 6.07 Å². The van der Waals surface area contributed by atoms with Crippen molar-refractivity contribution in [2.24, 2.45) is 0 Å². The second-order valence-corrected chi connectivity index (χ2v) is 3.54. The van der Waals surface area contributed by atoms with Gasteiger partial charge in [0, 0.05) is 18.2 Å². The van der Waals surface area contributed by atoms with Crippen molar-refractivity contribution in [2.75, 3.05) is 0 Å². The van der Waals surface area contributed by atoms with Gasteiger partial charge in [-0.15, -0.1) is 0 Å². The first-order valence-electron chi connectivity index (χ1n) is 4.78. The predicted molar refractivity (Wildman–Crippen MR) is 55.4 cm³/mol. The van der Waals surface area contributed by atoms with Crippen LogP contribution in [0.5, 0.6) is 0 Å². The Hall–Kier alpha value is -1.38. The number of Topliss-reactive ketones (excluding diaryl/α,β-unsaturated/α-hetero) is 1. The average Bonchev–Trinajstić information content (AvgIpc) is 2.10. The summed E-state index contributed by atoms with van der Waals surface area (Å²) >= 11 is 0. The largest absolute Gasteiger partial charge is 0.326 e. The van der Waals surface area contributed by atoms with Gasteiger partial charge in [-0.3, -0.25) is 4.79 Å². The zero-order chi connectivity index (χ0) is 10.6. The number of pyridine rings is 1. The molecular formula is C11H15NO2. The van der Waals surface area contributed by atoms with Crippen molar-refractivity contribution < 1.29 is 4.79 Å². The summed E-state index contributed by atoms with van der Waals surface area (Å²) in [6.45, 7) is 3.54. The van der Waals surface area contributed by atoms with Crippen molar-refractivity contribution in [1.29, 1.82) is 0 Å². The highest BCUT2D eigenvalue weighted by Crippen LogP contribution is 2.05. The van der Waals surface area contributed by atoms with Crippen LogP contribution in [0.3, 0.4) is 0 Å². The van der Waals surface area contributed by atoms with Crippen molar-refractivity contribution in [3.63, 3.8) is 0 Å². The van der Waals surface area contributed by atoms with Crippen molar-refractivity contribution >= 4 is 5.78 Å². The normalized spacial score (nSPS) is 10.1. The molecule has 0 aliphatic rings. The van der Waals surface area contributed by atoms with Crippen LogP contribution in [0, 0.1) is 6.92 Å². The number of hydrogen-bond acceptors (Lipinski definition) is 2. The molecule has 1 heterocycles. The second-order valence-electron chi connectivity index (χ2n) is 3.54. The van der Waals surface area contributed by atoms with Gasteiger partial charge >= 0.3 is 0 Å². The van der Waals surface area contributed by atoms with Crippen LogP contribution < -0.4 is 5.56 Å². The van der Waals surface area contributed by atoms with Crippen LogP contribution in [0.25, 0.3) is 0 Å². The molecule has 0 aliphatic carbocycles. The molecule has 0 saturated heterocycles. The molecular weight excluding hydrogens is 178 g/mol. The van der Waals surface area contributed by atoms with E-state index in [1.165, 1.54) is 6.07 Å². The van der Waals surface area contributed by atoms with Gasteiger partial charge in [0.1, 0.15) is 5.78 Å². The van der Waals surface area contributed by atoms with Crippen LogP contribution in [0.1, 0.15) is 31.0 Å². The van der Waals surface area contributed by atoms with Gasteiger partial charge in [0.2, 0.25) is 5.56 Å². The van der Waals surface area contributed by atoms with Crippen LogP contribution in [0.4, 0.5) is 0 Å². The van der Waals surface area contributed by atoms with Crippen molar-refractivity contribution in [2.45, 2.75) is 33.1 Å². The molecule has 0 aromatic carbocycles. The molecule has 1 N–H and O–H groups in total. The van der Waals surface area contributed by atoms with Gasteiger partial charge in [0.25, 0.3) is 0 Å². The van der Waals surface area contributed by atoms with Gasteiger partial charge in [-0.25, -0.2) is 0 Å². The van der Waals surface area contributed by atoms with Crippen molar-refractivity contribution in [3.05, 3.63) is 33.7 Å². The van der Waals surface area contributed by atoms with E-state index in [2.05, 4.69) is 4.98 Å². The average molecular weight is 193 g/mol. The Kier molecular flexibility index (Phi) is 3.63. The lowest BCUT2D eigenvalue weighted by molar-refractivity contribution is -0.117. The van der Waals surface area contributed by atoms with E-state index in [1.807, 2.05) is 13.0 Å². The summed E-state index contributed by atoms with van der Waals surface area (Å²) in [7, 11) is 0. The third-order valence-corrected chi connectivity index (χ3v) is 2.19. The maximum atomic E-state index is 11.0.